The lowest BCUT2D eigenvalue weighted by Gasteiger charge is -2.10. The molecule has 0 atom stereocenters. The maximum atomic E-state index is 12.3. The van der Waals surface area contributed by atoms with Crippen molar-refractivity contribution in [3.63, 3.8) is 0 Å². The first-order valence-electron chi connectivity index (χ1n) is 6.13. The van der Waals surface area contributed by atoms with Crippen molar-refractivity contribution in [1.29, 1.82) is 0 Å². The van der Waals surface area contributed by atoms with Crippen LogP contribution in [0.15, 0.2) is 29.3 Å². The Bertz CT molecular complexity index is 707. The van der Waals surface area contributed by atoms with E-state index in [2.05, 4.69) is 14.9 Å². The van der Waals surface area contributed by atoms with E-state index in [9.17, 15) is 8.42 Å². The molecule has 0 spiro atoms. The van der Waals surface area contributed by atoms with Crippen molar-refractivity contribution in [2.45, 2.75) is 31.9 Å². The molecule has 3 N–H and O–H groups in total. The molecule has 7 heteroatoms. The summed E-state index contributed by atoms with van der Waals surface area (Å²) in [7, 11) is -3.62. The van der Waals surface area contributed by atoms with Gasteiger partial charge in [0.1, 0.15) is 0 Å². The zero-order chi connectivity index (χ0) is 14.8. The van der Waals surface area contributed by atoms with Crippen molar-refractivity contribution in [2.24, 2.45) is 0 Å². The largest absolute Gasteiger partial charge is 0.392 e. The molecule has 108 valence electrons. The Morgan fingerprint density at radius 3 is 2.70 bits per heavy atom. The number of aromatic nitrogens is 2. The molecule has 0 unspecified atom stereocenters. The van der Waals surface area contributed by atoms with E-state index in [1.54, 1.807) is 25.3 Å². The van der Waals surface area contributed by atoms with Crippen LogP contribution in [0.5, 0.6) is 0 Å². The number of nitrogens with zero attached hydrogens (tertiary/aromatic N) is 1. The molecular weight excluding hydrogens is 278 g/mol. The van der Waals surface area contributed by atoms with Crippen LogP contribution < -0.4 is 4.72 Å². The molecule has 1 heterocycles. The monoisotopic (exact) mass is 295 g/mol. The van der Waals surface area contributed by atoms with Crippen molar-refractivity contribution >= 4 is 10.0 Å². The quantitative estimate of drug-likeness (QED) is 0.767. The topological polar surface area (TPSA) is 95.1 Å². The number of rotatable bonds is 5. The number of aromatic amines is 1. The number of hydrogen-bond acceptors (Lipinski definition) is 4. The molecule has 6 nitrogen and oxygen atoms in total. The molecule has 20 heavy (non-hydrogen) atoms. The Morgan fingerprint density at radius 1 is 1.35 bits per heavy atom. The van der Waals surface area contributed by atoms with Crippen molar-refractivity contribution in [1.82, 2.24) is 14.9 Å². The molecule has 0 aliphatic heterocycles. The van der Waals surface area contributed by atoms with E-state index in [-0.39, 0.29) is 18.0 Å². The molecule has 1 aromatic carbocycles. The molecule has 0 saturated carbocycles. The molecule has 2 aromatic rings. The van der Waals surface area contributed by atoms with Crippen LogP contribution in [0.4, 0.5) is 0 Å². The van der Waals surface area contributed by atoms with Gasteiger partial charge >= 0.3 is 0 Å². The molecule has 0 radical (unpaired) electrons. The minimum absolute atomic E-state index is 0.174. The van der Waals surface area contributed by atoms with Gasteiger partial charge in [0.15, 0.2) is 0 Å². The number of sulfonamides is 1. The first kappa shape index (κ1) is 14.7. The Labute approximate surface area is 117 Å². The number of aliphatic hydroxyl groups excluding tert-OH is 1. The predicted molar refractivity (Wildman–Crippen MR) is 74.5 cm³/mol. The lowest BCUT2D eigenvalue weighted by atomic mass is 10.2. The fraction of sp³-hybridized carbons (Fsp3) is 0.308. The average molecular weight is 295 g/mol. The maximum absolute atomic E-state index is 12.3. The Hall–Kier alpha value is -1.70. The minimum Gasteiger partial charge on any atom is -0.392 e. The van der Waals surface area contributed by atoms with Gasteiger partial charge in [-0.3, -0.25) is 5.10 Å². The highest BCUT2D eigenvalue weighted by atomic mass is 32.2. The number of benzene rings is 1. The van der Waals surface area contributed by atoms with Gasteiger partial charge < -0.3 is 5.11 Å². The van der Waals surface area contributed by atoms with Crippen LogP contribution >= 0.6 is 0 Å². The number of hydrogen-bond donors (Lipinski definition) is 3. The van der Waals surface area contributed by atoms with E-state index in [0.717, 1.165) is 11.3 Å². The van der Waals surface area contributed by atoms with Crippen LogP contribution in [0, 0.1) is 13.8 Å². The molecule has 0 amide bonds. The summed E-state index contributed by atoms with van der Waals surface area (Å²) in [5.74, 6) is 0. The number of H-pyrrole nitrogens is 1. The Balaban J connectivity index is 2.24. The normalized spacial score (nSPS) is 11.8. The first-order chi connectivity index (χ1) is 9.44. The van der Waals surface area contributed by atoms with Crippen molar-refractivity contribution < 1.29 is 13.5 Å². The zero-order valence-corrected chi connectivity index (χ0v) is 12.2. The number of nitrogens with one attached hydrogen (secondary N) is 2. The van der Waals surface area contributed by atoms with Crippen LogP contribution in [0.1, 0.15) is 22.4 Å². The fourth-order valence-corrected chi connectivity index (χ4v) is 3.14. The highest BCUT2D eigenvalue weighted by Gasteiger charge is 2.17. The molecule has 1 aromatic heterocycles. The van der Waals surface area contributed by atoms with Gasteiger partial charge in [0, 0.05) is 17.8 Å². The molecular formula is C13H17N3O3S. The summed E-state index contributed by atoms with van der Waals surface area (Å²) < 4.78 is 27.1. The predicted octanol–water partition coefficient (Wildman–Crippen LogP) is 0.997. The third-order valence-electron chi connectivity index (χ3n) is 3.11. The van der Waals surface area contributed by atoms with Gasteiger partial charge in [0.25, 0.3) is 0 Å². The van der Waals surface area contributed by atoms with E-state index < -0.39 is 10.0 Å². The summed E-state index contributed by atoms with van der Waals surface area (Å²) in [5.41, 5.74) is 2.83. The van der Waals surface area contributed by atoms with Gasteiger partial charge in [-0.15, -0.1) is 0 Å². The molecule has 0 bridgehead atoms. The molecule has 0 aliphatic rings. The maximum Gasteiger partial charge on any atom is 0.241 e. The lowest BCUT2D eigenvalue weighted by molar-refractivity contribution is 0.281. The Kier molecular flexibility index (Phi) is 4.22. The van der Waals surface area contributed by atoms with Crippen LogP contribution in [0.2, 0.25) is 0 Å². The second-order valence-electron chi connectivity index (χ2n) is 4.60. The Morgan fingerprint density at radius 2 is 2.10 bits per heavy atom. The highest BCUT2D eigenvalue weighted by molar-refractivity contribution is 7.89. The van der Waals surface area contributed by atoms with Crippen LogP contribution in [-0.2, 0) is 23.2 Å². The second-order valence-corrected chi connectivity index (χ2v) is 6.34. The summed E-state index contributed by atoms with van der Waals surface area (Å²) in [4.78, 5) is 0.185. The molecule has 0 fully saturated rings. The van der Waals surface area contributed by atoms with Gasteiger partial charge in [0.2, 0.25) is 10.0 Å². The number of aliphatic hydroxyl groups is 1. The van der Waals surface area contributed by atoms with E-state index in [4.69, 9.17) is 5.11 Å². The van der Waals surface area contributed by atoms with E-state index in [1.807, 2.05) is 6.92 Å². The lowest BCUT2D eigenvalue weighted by Crippen LogP contribution is -2.24. The van der Waals surface area contributed by atoms with Crippen molar-refractivity contribution in [2.75, 3.05) is 0 Å². The van der Waals surface area contributed by atoms with E-state index >= 15 is 0 Å². The summed E-state index contributed by atoms with van der Waals surface area (Å²) in [6.45, 7) is 3.53. The third-order valence-corrected chi connectivity index (χ3v) is 4.65. The van der Waals surface area contributed by atoms with Gasteiger partial charge in [-0.05, 0) is 31.0 Å². The van der Waals surface area contributed by atoms with E-state index in [1.165, 1.54) is 6.07 Å². The van der Waals surface area contributed by atoms with Gasteiger partial charge in [-0.25, -0.2) is 13.1 Å². The van der Waals surface area contributed by atoms with Gasteiger partial charge in [0.05, 0.1) is 17.7 Å². The van der Waals surface area contributed by atoms with Crippen LogP contribution in [0.25, 0.3) is 0 Å². The molecule has 0 saturated heterocycles. The zero-order valence-electron chi connectivity index (χ0n) is 11.3. The summed E-state index contributed by atoms with van der Waals surface area (Å²) in [6.07, 6.45) is 1.59. The molecule has 2 rings (SSSR count). The van der Waals surface area contributed by atoms with E-state index in [0.29, 0.717) is 11.1 Å². The third kappa shape index (κ3) is 3.06. The van der Waals surface area contributed by atoms with Gasteiger partial charge in [-0.1, -0.05) is 12.1 Å². The highest BCUT2D eigenvalue weighted by Crippen LogP contribution is 2.17. The standard InChI is InChI=1S/C13H17N3O3S/c1-9-3-4-11(8-17)5-13(9)20(18,19)15-7-12-6-14-16-10(12)2/h3-6,15,17H,7-8H2,1-2H3,(H,14,16). The summed E-state index contributed by atoms with van der Waals surface area (Å²) >= 11 is 0. The van der Waals surface area contributed by atoms with Gasteiger partial charge in [-0.2, -0.15) is 5.10 Å². The van der Waals surface area contributed by atoms with Crippen molar-refractivity contribution in [3.8, 4) is 0 Å². The summed E-state index contributed by atoms with van der Waals surface area (Å²) in [5, 5.41) is 15.7. The second kappa shape index (κ2) is 5.74. The fourth-order valence-electron chi connectivity index (χ4n) is 1.84. The SMILES string of the molecule is Cc1ccc(CO)cc1S(=O)(=O)NCc1cn[nH]c1C. The van der Waals surface area contributed by atoms with Crippen LogP contribution in [-0.4, -0.2) is 23.7 Å². The van der Waals surface area contributed by atoms with Crippen LogP contribution in [0.3, 0.4) is 0 Å². The van der Waals surface area contributed by atoms with Crippen molar-refractivity contribution in [3.05, 3.63) is 46.8 Å². The first-order valence-corrected chi connectivity index (χ1v) is 7.61. The summed E-state index contributed by atoms with van der Waals surface area (Å²) in [6, 6.07) is 4.87. The molecule has 0 aliphatic carbocycles. The smallest absolute Gasteiger partial charge is 0.241 e. The minimum atomic E-state index is -3.62. The number of aryl methyl sites for hydroxylation is 2. The average Bonchev–Trinajstić information content (AvgIpc) is 2.82.